The van der Waals surface area contributed by atoms with Crippen molar-refractivity contribution in [2.45, 2.75) is 43.3 Å². The van der Waals surface area contributed by atoms with Crippen molar-refractivity contribution in [1.82, 2.24) is 10.2 Å². The van der Waals surface area contributed by atoms with E-state index in [0.717, 1.165) is 5.56 Å². The summed E-state index contributed by atoms with van der Waals surface area (Å²) in [5, 5.41) is 1.90. The molecule has 0 radical (unpaired) electrons. The molecule has 0 bridgehead atoms. The Bertz CT molecular complexity index is 656. The average Bonchev–Trinajstić information content (AvgIpc) is 3.32. The molecule has 0 spiro atoms. The number of amides is 2. The number of nitrogens with zero attached hydrogens (tertiary/aromatic N) is 1. The molecule has 3 rings (SSSR count). The van der Waals surface area contributed by atoms with E-state index in [4.69, 9.17) is 0 Å². The summed E-state index contributed by atoms with van der Waals surface area (Å²) in [6, 6.07) is 9.34. The van der Waals surface area contributed by atoms with Crippen molar-refractivity contribution in [3.8, 4) is 0 Å². The minimum Gasteiger partial charge on any atom is -0.345 e. The molecule has 2 amide bonds. The molecule has 2 aliphatic rings. The molecule has 1 saturated carbocycles. The first-order chi connectivity index (χ1) is 11.2. The van der Waals surface area contributed by atoms with Crippen LogP contribution in [0.15, 0.2) is 30.3 Å². The van der Waals surface area contributed by atoms with E-state index in [2.05, 4.69) is 0 Å². The van der Waals surface area contributed by atoms with Crippen LogP contribution in [-0.2, 0) is 15.0 Å². The van der Waals surface area contributed by atoms with Crippen molar-refractivity contribution in [1.29, 1.82) is 0 Å². The Morgan fingerprint density at radius 3 is 2.25 bits per heavy atom. The van der Waals surface area contributed by atoms with Crippen LogP contribution in [0, 0.1) is 0 Å². The summed E-state index contributed by atoms with van der Waals surface area (Å²) in [5.41, 5.74) is -0.917. The van der Waals surface area contributed by atoms with Gasteiger partial charge in [-0.05, 0) is 31.7 Å². The van der Waals surface area contributed by atoms with E-state index in [1.807, 2.05) is 35.6 Å². The first kappa shape index (κ1) is 16.8. The Morgan fingerprint density at radius 2 is 1.79 bits per heavy atom. The molecular weight excluding hydrogens is 321 g/mol. The average molecular weight is 340 g/mol. The normalized spacial score (nSPS) is 24.9. The predicted molar refractivity (Wildman–Crippen MR) is 81.2 cm³/mol. The SMILES string of the molecule is CC1(C(=O)NCC(F)(F)F)CCN1C(=O)C1(c2ccccc2)CC1. The summed E-state index contributed by atoms with van der Waals surface area (Å²) in [6.07, 6.45) is -2.70. The van der Waals surface area contributed by atoms with Gasteiger partial charge in [-0.1, -0.05) is 30.3 Å². The van der Waals surface area contributed by atoms with Crippen molar-refractivity contribution < 1.29 is 22.8 Å². The first-order valence-electron chi connectivity index (χ1n) is 7.92. The van der Waals surface area contributed by atoms with Gasteiger partial charge in [0.1, 0.15) is 12.1 Å². The van der Waals surface area contributed by atoms with Gasteiger partial charge in [0.05, 0.1) is 5.41 Å². The van der Waals surface area contributed by atoms with Crippen LogP contribution in [0.25, 0.3) is 0 Å². The number of nitrogens with one attached hydrogen (secondary N) is 1. The third-order valence-electron chi connectivity index (χ3n) is 5.09. The summed E-state index contributed by atoms with van der Waals surface area (Å²) >= 11 is 0. The van der Waals surface area contributed by atoms with Crippen molar-refractivity contribution in [3.63, 3.8) is 0 Å². The smallest absolute Gasteiger partial charge is 0.345 e. The number of hydrogen-bond acceptors (Lipinski definition) is 2. The summed E-state index contributed by atoms with van der Waals surface area (Å²) in [5.74, 6) is -0.909. The van der Waals surface area contributed by atoms with Crippen molar-refractivity contribution in [2.24, 2.45) is 0 Å². The second-order valence-corrected chi connectivity index (χ2v) is 6.73. The highest BCUT2D eigenvalue weighted by molar-refractivity contribution is 5.98. The van der Waals surface area contributed by atoms with Crippen LogP contribution in [0.5, 0.6) is 0 Å². The van der Waals surface area contributed by atoms with Crippen molar-refractivity contribution in [2.75, 3.05) is 13.1 Å². The first-order valence-corrected chi connectivity index (χ1v) is 7.92. The molecule has 7 heteroatoms. The minimum absolute atomic E-state index is 0.162. The monoisotopic (exact) mass is 340 g/mol. The molecule has 1 aromatic rings. The third-order valence-corrected chi connectivity index (χ3v) is 5.09. The number of carbonyl (C=O) groups is 2. The maximum atomic E-state index is 13.0. The Hall–Kier alpha value is -2.05. The number of benzene rings is 1. The molecule has 1 atom stereocenters. The molecule has 1 aliphatic carbocycles. The molecule has 1 aromatic carbocycles. The van der Waals surface area contributed by atoms with Gasteiger partial charge in [0.15, 0.2) is 0 Å². The lowest BCUT2D eigenvalue weighted by molar-refractivity contribution is -0.163. The number of likely N-dealkylation sites (tertiary alicyclic amines) is 1. The lowest BCUT2D eigenvalue weighted by atomic mass is 9.82. The van der Waals surface area contributed by atoms with Gasteiger partial charge in [-0.25, -0.2) is 0 Å². The van der Waals surface area contributed by atoms with E-state index in [-0.39, 0.29) is 5.91 Å². The van der Waals surface area contributed by atoms with Gasteiger partial charge in [-0.15, -0.1) is 0 Å². The van der Waals surface area contributed by atoms with Crippen LogP contribution in [0.1, 0.15) is 31.7 Å². The molecule has 1 N–H and O–H groups in total. The topological polar surface area (TPSA) is 49.4 Å². The zero-order valence-electron chi connectivity index (χ0n) is 13.3. The molecule has 1 aliphatic heterocycles. The predicted octanol–water partition coefficient (Wildman–Crippen LogP) is 2.39. The van der Waals surface area contributed by atoms with Gasteiger partial charge in [0.2, 0.25) is 11.8 Å². The van der Waals surface area contributed by atoms with Gasteiger partial charge in [0, 0.05) is 6.54 Å². The Kier molecular flexibility index (Phi) is 3.85. The van der Waals surface area contributed by atoms with Gasteiger partial charge >= 0.3 is 6.18 Å². The van der Waals surface area contributed by atoms with Gasteiger partial charge in [0.25, 0.3) is 0 Å². The molecule has 24 heavy (non-hydrogen) atoms. The Morgan fingerprint density at radius 1 is 1.17 bits per heavy atom. The van der Waals surface area contributed by atoms with Crippen molar-refractivity contribution >= 4 is 11.8 Å². The summed E-state index contributed by atoms with van der Waals surface area (Å²) in [4.78, 5) is 26.6. The van der Waals surface area contributed by atoms with Gasteiger partial charge in [-0.3, -0.25) is 9.59 Å². The zero-order valence-corrected chi connectivity index (χ0v) is 13.3. The molecule has 4 nitrogen and oxygen atoms in total. The number of carbonyl (C=O) groups excluding carboxylic acids is 2. The molecule has 1 saturated heterocycles. The van der Waals surface area contributed by atoms with Crippen LogP contribution in [0.4, 0.5) is 13.2 Å². The van der Waals surface area contributed by atoms with E-state index in [1.54, 1.807) is 0 Å². The summed E-state index contributed by atoms with van der Waals surface area (Å²) < 4.78 is 36.9. The molecule has 0 aromatic heterocycles. The lowest BCUT2D eigenvalue weighted by Crippen LogP contribution is -2.69. The van der Waals surface area contributed by atoms with E-state index in [9.17, 15) is 22.8 Å². The highest BCUT2D eigenvalue weighted by atomic mass is 19.4. The number of rotatable bonds is 4. The maximum Gasteiger partial charge on any atom is 0.405 e. The van der Waals surface area contributed by atoms with Crippen LogP contribution in [0.3, 0.4) is 0 Å². The summed E-state index contributed by atoms with van der Waals surface area (Å²) in [7, 11) is 0. The fourth-order valence-electron chi connectivity index (χ4n) is 3.26. The third kappa shape index (κ3) is 2.76. The highest BCUT2D eigenvalue weighted by Crippen LogP contribution is 2.51. The maximum absolute atomic E-state index is 13.0. The second kappa shape index (κ2) is 5.50. The number of alkyl halides is 3. The highest BCUT2D eigenvalue weighted by Gasteiger charge is 2.59. The Balaban J connectivity index is 1.73. The Labute approximate surface area is 138 Å². The van der Waals surface area contributed by atoms with Crippen LogP contribution >= 0.6 is 0 Å². The molecule has 1 unspecified atom stereocenters. The fourth-order valence-corrected chi connectivity index (χ4v) is 3.26. The second-order valence-electron chi connectivity index (χ2n) is 6.73. The minimum atomic E-state index is -4.47. The van der Waals surface area contributed by atoms with Crippen LogP contribution < -0.4 is 5.32 Å². The van der Waals surface area contributed by atoms with Gasteiger partial charge < -0.3 is 10.2 Å². The zero-order chi connectivity index (χ0) is 17.6. The van der Waals surface area contributed by atoms with E-state index >= 15 is 0 Å². The van der Waals surface area contributed by atoms with Crippen LogP contribution in [-0.4, -0.2) is 41.5 Å². The number of halogens is 3. The van der Waals surface area contributed by atoms with E-state index < -0.39 is 29.6 Å². The quantitative estimate of drug-likeness (QED) is 0.915. The molecular formula is C17H19F3N2O2. The largest absolute Gasteiger partial charge is 0.405 e. The molecule has 1 heterocycles. The molecule has 130 valence electrons. The standard InChI is InChI=1S/C17H19F3N2O2/c1-15(13(23)21-11-17(18,19)20)9-10-22(15)14(24)16(7-8-16)12-5-3-2-4-6-12/h2-6H,7-11H2,1H3,(H,21,23). The molecule has 2 fully saturated rings. The van der Waals surface area contributed by atoms with E-state index in [0.29, 0.717) is 25.8 Å². The summed E-state index contributed by atoms with van der Waals surface area (Å²) in [6.45, 7) is 0.540. The fraction of sp³-hybridized carbons (Fsp3) is 0.529. The van der Waals surface area contributed by atoms with Crippen molar-refractivity contribution in [3.05, 3.63) is 35.9 Å². The van der Waals surface area contributed by atoms with Gasteiger partial charge in [-0.2, -0.15) is 13.2 Å². The lowest BCUT2D eigenvalue weighted by Gasteiger charge is -2.50. The van der Waals surface area contributed by atoms with Crippen LogP contribution in [0.2, 0.25) is 0 Å². The van der Waals surface area contributed by atoms with E-state index in [1.165, 1.54) is 11.8 Å². The number of hydrogen-bond donors (Lipinski definition) is 1.